The van der Waals surface area contributed by atoms with E-state index in [1.165, 1.54) is 19.2 Å². The van der Waals surface area contributed by atoms with Gasteiger partial charge in [0.1, 0.15) is 0 Å². The first-order valence-electron chi connectivity index (χ1n) is 7.16. The number of carboxylic acid groups (broad SMARTS) is 1. The fourth-order valence-corrected chi connectivity index (χ4v) is 2.46. The van der Waals surface area contributed by atoms with E-state index < -0.39 is 11.9 Å². The zero-order valence-corrected chi connectivity index (χ0v) is 13.1. The number of aliphatic hydroxyl groups is 1. The Morgan fingerprint density at radius 3 is 2.70 bits per heavy atom. The van der Waals surface area contributed by atoms with Crippen LogP contribution in [0.4, 0.5) is 0 Å². The summed E-state index contributed by atoms with van der Waals surface area (Å²) in [5, 5.41) is 18.2. The van der Waals surface area contributed by atoms with Crippen LogP contribution in [-0.2, 0) is 4.74 Å². The molecule has 2 rings (SSSR count). The Morgan fingerprint density at radius 2 is 2.09 bits per heavy atom. The molecule has 0 saturated carbocycles. The lowest BCUT2D eigenvalue weighted by Crippen LogP contribution is -2.22. The molecule has 1 aliphatic rings. The number of allylic oxidation sites excluding steroid dienone is 1. The summed E-state index contributed by atoms with van der Waals surface area (Å²) in [5.41, 5.74) is 2.59. The normalized spacial score (nSPS) is 14.1. The molecular formula is C17H19NO5. The summed E-state index contributed by atoms with van der Waals surface area (Å²) in [7, 11) is 3.14. The van der Waals surface area contributed by atoms with Crippen LogP contribution < -0.4 is 0 Å². The third-order valence-electron chi connectivity index (χ3n) is 3.71. The highest BCUT2D eigenvalue weighted by atomic mass is 16.5. The number of rotatable bonds is 5. The molecule has 0 amide bonds. The second-order valence-corrected chi connectivity index (χ2v) is 5.22. The van der Waals surface area contributed by atoms with Crippen LogP contribution in [-0.4, -0.2) is 54.4 Å². The lowest BCUT2D eigenvalue weighted by atomic mass is 9.96. The second kappa shape index (κ2) is 7.11. The molecule has 1 aliphatic heterocycles. The largest absolute Gasteiger partial charge is 0.478 e. The van der Waals surface area contributed by atoms with Gasteiger partial charge in [-0.25, -0.2) is 9.59 Å². The van der Waals surface area contributed by atoms with Gasteiger partial charge in [0.2, 0.25) is 0 Å². The average molecular weight is 317 g/mol. The Balaban J connectivity index is 2.55. The predicted octanol–water partition coefficient (Wildman–Crippen LogP) is 1.77. The number of methoxy groups -OCH3 is 1. The van der Waals surface area contributed by atoms with Crippen LogP contribution in [0.3, 0.4) is 0 Å². The van der Waals surface area contributed by atoms with Crippen molar-refractivity contribution in [3.05, 3.63) is 52.6 Å². The van der Waals surface area contributed by atoms with E-state index in [0.29, 0.717) is 18.5 Å². The number of benzene rings is 1. The van der Waals surface area contributed by atoms with Gasteiger partial charge in [-0.1, -0.05) is 12.1 Å². The van der Waals surface area contributed by atoms with Crippen molar-refractivity contribution in [1.82, 2.24) is 4.90 Å². The lowest BCUT2D eigenvalue weighted by molar-refractivity contribution is 0.0600. The van der Waals surface area contributed by atoms with Crippen LogP contribution in [0.5, 0.6) is 0 Å². The van der Waals surface area contributed by atoms with E-state index in [1.807, 2.05) is 24.1 Å². The average Bonchev–Trinajstić information content (AvgIpc) is 2.55. The number of carboxylic acids is 1. The lowest BCUT2D eigenvalue weighted by Gasteiger charge is -2.27. The monoisotopic (exact) mass is 317 g/mol. The minimum Gasteiger partial charge on any atom is -0.478 e. The molecule has 0 radical (unpaired) electrons. The number of likely N-dealkylation sites (N-methyl/N-ethyl adjacent to an activating group) is 1. The molecule has 0 spiro atoms. The van der Waals surface area contributed by atoms with Gasteiger partial charge in [-0.2, -0.15) is 0 Å². The van der Waals surface area contributed by atoms with E-state index in [-0.39, 0.29) is 17.7 Å². The number of aromatic carboxylic acids is 1. The molecule has 1 heterocycles. The molecule has 0 saturated heterocycles. The van der Waals surface area contributed by atoms with Crippen molar-refractivity contribution in [3.63, 3.8) is 0 Å². The molecule has 1 aromatic carbocycles. The maximum Gasteiger partial charge on any atom is 0.338 e. The number of hydrogen-bond acceptors (Lipinski definition) is 5. The van der Waals surface area contributed by atoms with Crippen molar-refractivity contribution in [3.8, 4) is 0 Å². The minimum atomic E-state index is -1.10. The smallest absolute Gasteiger partial charge is 0.338 e. The number of esters is 1. The summed E-state index contributed by atoms with van der Waals surface area (Å²) in [6.07, 6.45) is 4.42. The van der Waals surface area contributed by atoms with E-state index in [4.69, 9.17) is 14.9 Å². The topological polar surface area (TPSA) is 87.1 Å². The van der Waals surface area contributed by atoms with Crippen LogP contribution >= 0.6 is 0 Å². The van der Waals surface area contributed by atoms with Crippen molar-refractivity contribution in [2.24, 2.45) is 0 Å². The standard InChI is InChI=1S/C17H19NO5/c1-18-7-5-11(6-8-19)9-15(18)13-4-3-12(16(20)21)10-14(13)17(22)23-2/h3-5,9-10,19H,6-8H2,1-2H3,(H,20,21). The van der Waals surface area contributed by atoms with Crippen molar-refractivity contribution >= 4 is 17.6 Å². The first kappa shape index (κ1) is 16.8. The van der Waals surface area contributed by atoms with Gasteiger partial charge in [-0.15, -0.1) is 0 Å². The van der Waals surface area contributed by atoms with Crippen molar-refractivity contribution in [2.75, 3.05) is 27.3 Å². The SMILES string of the molecule is COC(=O)c1cc(C(=O)O)ccc1C1=CC(CCO)=CCN1C. The number of ether oxygens (including phenoxy) is 1. The number of carbonyl (C=O) groups excluding carboxylic acids is 1. The van der Waals surface area contributed by atoms with Crippen LogP contribution in [0, 0.1) is 0 Å². The van der Waals surface area contributed by atoms with Gasteiger partial charge in [-0.3, -0.25) is 0 Å². The van der Waals surface area contributed by atoms with E-state index in [0.717, 1.165) is 11.3 Å². The number of hydrogen-bond donors (Lipinski definition) is 2. The molecule has 0 aliphatic carbocycles. The Hall–Kier alpha value is -2.60. The quantitative estimate of drug-likeness (QED) is 0.805. The fourth-order valence-electron chi connectivity index (χ4n) is 2.46. The maximum absolute atomic E-state index is 12.1. The maximum atomic E-state index is 12.1. The van der Waals surface area contributed by atoms with Gasteiger partial charge in [0, 0.05) is 31.5 Å². The van der Waals surface area contributed by atoms with Gasteiger partial charge in [0.15, 0.2) is 0 Å². The third kappa shape index (κ3) is 3.60. The van der Waals surface area contributed by atoms with Crippen molar-refractivity contribution in [2.45, 2.75) is 6.42 Å². The van der Waals surface area contributed by atoms with E-state index in [9.17, 15) is 9.59 Å². The predicted molar refractivity (Wildman–Crippen MR) is 85.1 cm³/mol. The van der Waals surface area contributed by atoms with Crippen LogP contribution in [0.1, 0.15) is 32.7 Å². The molecule has 0 atom stereocenters. The molecule has 23 heavy (non-hydrogen) atoms. The Labute approximate surface area is 134 Å². The van der Waals surface area contributed by atoms with Gasteiger partial charge in [0.05, 0.1) is 18.2 Å². The van der Waals surface area contributed by atoms with Gasteiger partial charge in [-0.05, 0) is 30.2 Å². The minimum absolute atomic E-state index is 0.0272. The summed E-state index contributed by atoms with van der Waals surface area (Å²) in [4.78, 5) is 25.1. The molecule has 0 aromatic heterocycles. The number of carbonyl (C=O) groups is 2. The molecule has 0 bridgehead atoms. The highest BCUT2D eigenvalue weighted by Crippen LogP contribution is 2.28. The fraction of sp³-hybridized carbons (Fsp3) is 0.294. The zero-order valence-electron chi connectivity index (χ0n) is 13.1. The van der Waals surface area contributed by atoms with Gasteiger partial charge >= 0.3 is 11.9 Å². The van der Waals surface area contributed by atoms with Crippen LogP contribution in [0.2, 0.25) is 0 Å². The molecule has 6 heteroatoms. The zero-order chi connectivity index (χ0) is 17.0. The van der Waals surface area contributed by atoms with Gasteiger partial charge < -0.3 is 19.8 Å². The summed E-state index contributed by atoms with van der Waals surface area (Å²) in [6, 6.07) is 4.39. The third-order valence-corrected chi connectivity index (χ3v) is 3.71. The summed E-state index contributed by atoms with van der Waals surface area (Å²) >= 11 is 0. The summed E-state index contributed by atoms with van der Waals surface area (Å²) in [6.45, 7) is 0.684. The highest BCUT2D eigenvalue weighted by molar-refractivity contribution is 5.99. The second-order valence-electron chi connectivity index (χ2n) is 5.22. The molecular weight excluding hydrogens is 298 g/mol. The Morgan fingerprint density at radius 1 is 1.35 bits per heavy atom. The summed E-state index contributed by atoms with van der Waals surface area (Å²) < 4.78 is 4.78. The first-order valence-corrected chi connectivity index (χ1v) is 7.16. The van der Waals surface area contributed by atoms with Crippen LogP contribution in [0.15, 0.2) is 35.9 Å². The number of aliphatic hydroxyl groups excluding tert-OH is 1. The van der Waals surface area contributed by atoms with Crippen molar-refractivity contribution in [1.29, 1.82) is 0 Å². The molecule has 0 unspecified atom stereocenters. The number of nitrogens with zero attached hydrogens (tertiary/aromatic N) is 1. The van der Waals surface area contributed by atoms with Crippen LogP contribution in [0.25, 0.3) is 5.70 Å². The molecule has 122 valence electrons. The van der Waals surface area contributed by atoms with E-state index in [1.54, 1.807) is 6.07 Å². The molecule has 6 nitrogen and oxygen atoms in total. The summed E-state index contributed by atoms with van der Waals surface area (Å²) in [5.74, 6) is -1.69. The first-order chi connectivity index (χ1) is 11.0. The highest BCUT2D eigenvalue weighted by Gasteiger charge is 2.21. The Bertz CT molecular complexity index is 690. The molecule has 1 aromatic rings. The molecule has 2 N–H and O–H groups in total. The van der Waals surface area contributed by atoms with E-state index >= 15 is 0 Å². The van der Waals surface area contributed by atoms with Gasteiger partial charge in [0.25, 0.3) is 0 Å². The van der Waals surface area contributed by atoms with E-state index in [2.05, 4.69) is 0 Å². The van der Waals surface area contributed by atoms with Crippen molar-refractivity contribution < 1.29 is 24.5 Å². The Kier molecular flexibility index (Phi) is 5.18. The molecule has 0 fully saturated rings.